The smallest absolute Gasteiger partial charge is 0.324 e. The molecule has 0 atom stereocenters. The van der Waals surface area contributed by atoms with Crippen LogP contribution in [-0.4, -0.2) is 46.6 Å². The van der Waals surface area contributed by atoms with Crippen molar-refractivity contribution in [1.29, 1.82) is 0 Å². The maximum absolute atomic E-state index is 12.9. The lowest BCUT2D eigenvalue weighted by Crippen LogP contribution is -2.39. The highest BCUT2D eigenvalue weighted by Gasteiger charge is 2.44. The molecule has 5 amide bonds. The predicted molar refractivity (Wildman–Crippen MR) is 74.6 cm³/mol. The SMILES string of the molecule is CCN1C(=O)C(=O)N(CC(=O)Nc2ccccc2C(F)(F)F)C1=O. The molecule has 128 valence electrons. The zero-order chi connectivity index (χ0) is 18.1. The fourth-order valence-corrected chi connectivity index (χ4v) is 2.14. The molecule has 7 nitrogen and oxygen atoms in total. The van der Waals surface area contributed by atoms with Gasteiger partial charge in [0.25, 0.3) is 0 Å². The summed E-state index contributed by atoms with van der Waals surface area (Å²) in [4.78, 5) is 47.9. The van der Waals surface area contributed by atoms with Gasteiger partial charge in [-0.1, -0.05) is 12.1 Å². The average Bonchev–Trinajstić information content (AvgIpc) is 2.70. The van der Waals surface area contributed by atoms with Crippen molar-refractivity contribution in [2.75, 3.05) is 18.4 Å². The number of imide groups is 2. The number of carbonyl (C=O) groups excluding carboxylic acids is 4. The lowest BCUT2D eigenvalue weighted by Gasteiger charge is -2.16. The largest absolute Gasteiger partial charge is 0.418 e. The van der Waals surface area contributed by atoms with E-state index in [1.807, 2.05) is 5.32 Å². The Hall–Kier alpha value is -2.91. The van der Waals surface area contributed by atoms with Gasteiger partial charge in [-0.2, -0.15) is 13.2 Å². The van der Waals surface area contributed by atoms with Gasteiger partial charge in [0.05, 0.1) is 11.3 Å². The lowest BCUT2D eigenvalue weighted by molar-refractivity contribution is -0.143. The highest BCUT2D eigenvalue weighted by Crippen LogP contribution is 2.34. The van der Waals surface area contributed by atoms with Crippen LogP contribution in [0.2, 0.25) is 0 Å². The minimum atomic E-state index is -4.68. The number of nitrogens with one attached hydrogen (secondary N) is 1. The molecule has 1 heterocycles. The summed E-state index contributed by atoms with van der Waals surface area (Å²) < 4.78 is 38.6. The van der Waals surface area contributed by atoms with Gasteiger partial charge in [-0.05, 0) is 19.1 Å². The van der Waals surface area contributed by atoms with E-state index in [9.17, 15) is 32.3 Å². The number of amides is 5. The van der Waals surface area contributed by atoms with E-state index in [2.05, 4.69) is 0 Å². The lowest BCUT2D eigenvalue weighted by atomic mass is 10.1. The van der Waals surface area contributed by atoms with E-state index < -0.39 is 47.7 Å². The van der Waals surface area contributed by atoms with Gasteiger partial charge in [-0.15, -0.1) is 0 Å². The first kappa shape index (κ1) is 17.4. The van der Waals surface area contributed by atoms with Crippen LogP contribution in [0.4, 0.5) is 23.7 Å². The third-order valence-corrected chi connectivity index (χ3v) is 3.26. The Morgan fingerprint density at radius 2 is 1.67 bits per heavy atom. The molecule has 1 fully saturated rings. The first-order chi connectivity index (χ1) is 11.2. The summed E-state index contributed by atoms with van der Waals surface area (Å²) in [6, 6.07) is 3.29. The van der Waals surface area contributed by atoms with E-state index in [-0.39, 0.29) is 6.54 Å². The Bertz CT molecular complexity index is 717. The van der Waals surface area contributed by atoms with Crippen molar-refractivity contribution in [3.8, 4) is 0 Å². The molecule has 1 N–H and O–H groups in total. The third kappa shape index (κ3) is 3.21. The van der Waals surface area contributed by atoms with Crippen LogP contribution in [0.3, 0.4) is 0 Å². The van der Waals surface area contributed by atoms with Crippen molar-refractivity contribution >= 4 is 29.4 Å². The Morgan fingerprint density at radius 1 is 1.08 bits per heavy atom. The second-order valence-electron chi connectivity index (χ2n) is 4.81. The van der Waals surface area contributed by atoms with Crippen molar-refractivity contribution < 1.29 is 32.3 Å². The fraction of sp³-hybridized carbons (Fsp3) is 0.286. The normalized spacial score (nSPS) is 15.2. The van der Waals surface area contributed by atoms with E-state index in [4.69, 9.17) is 0 Å². The van der Waals surface area contributed by atoms with Crippen LogP contribution < -0.4 is 5.32 Å². The van der Waals surface area contributed by atoms with Crippen LogP contribution in [-0.2, 0) is 20.6 Å². The molecule has 0 radical (unpaired) electrons. The van der Waals surface area contributed by atoms with Gasteiger partial charge < -0.3 is 5.32 Å². The molecular formula is C14H12F3N3O4. The molecule has 1 saturated heterocycles. The number of alkyl halides is 3. The minimum absolute atomic E-state index is 0.0571. The van der Waals surface area contributed by atoms with E-state index in [1.54, 1.807) is 0 Å². The number of nitrogens with zero attached hydrogens (tertiary/aromatic N) is 2. The second kappa shape index (κ2) is 6.30. The molecule has 0 aliphatic carbocycles. The number of hydrogen-bond donors (Lipinski definition) is 1. The predicted octanol–water partition coefficient (Wildman–Crippen LogP) is 1.45. The maximum atomic E-state index is 12.9. The van der Waals surface area contributed by atoms with Crippen molar-refractivity contribution in [2.45, 2.75) is 13.1 Å². The molecule has 1 aliphatic rings. The number of hydrogen-bond acceptors (Lipinski definition) is 4. The Morgan fingerprint density at radius 3 is 2.21 bits per heavy atom. The average molecular weight is 343 g/mol. The molecule has 1 aliphatic heterocycles. The van der Waals surface area contributed by atoms with E-state index >= 15 is 0 Å². The van der Waals surface area contributed by atoms with Gasteiger partial charge in [0.2, 0.25) is 5.91 Å². The number of halogens is 3. The quantitative estimate of drug-likeness (QED) is 0.662. The van der Waals surface area contributed by atoms with E-state index in [1.165, 1.54) is 13.0 Å². The molecule has 0 spiro atoms. The molecule has 1 aromatic rings. The van der Waals surface area contributed by atoms with Crippen molar-refractivity contribution in [3.05, 3.63) is 29.8 Å². The summed E-state index contributed by atoms with van der Waals surface area (Å²) >= 11 is 0. The van der Waals surface area contributed by atoms with E-state index in [0.717, 1.165) is 18.2 Å². The molecule has 0 unspecified atom stereocenters. The molecule has 1 aromatic carbocycles. The van der Waals surface area contributed by atoms with Crippen LogP contribution in [0.15, 0.2) is 24.3 Å². The van der Waals surface area contributed by atoms with Gasteiger partial charge in [-0.25, -0.2) is 9.69 Å². The number of urea groups is 1. The zero-order valence-electron chi connectivity index (χ0n) is 12.4. The summed E-state index contributed by atoms with van der Waals surface area (Å²) in [6.07, 6.45) is -4.68. The molecule has 0 saturated carbocycles. The standard InChI is InChI=1S/C14H12F3N3O4/c1-2-19-11(22)12(23)20(13(19)24)7-10(21)18-9-6-4-3-5-8(9)14(15,16)17/h3-6H,2,7H2,1H3,(H,18,21). The molecule has 0 bridgehead atoms. The van der Waals surface area contributed by atoms with Crippen molar-refractivity contribution in [1.82, 2.24) is 9.80 Å². The molecule has 2 rings (SSSR count). The molecule has 24 heavy (non-hydrogen) atoms. The molecule has 0 aromatic heterocycles. The minimum Gasteiger partial charge on any atom is -0.324 e. The Labute approximate surface area is 134 Å². The number of likely N-dealkylation sites (N-methyl/N-ethyl adjacent to an activating group) is 1. The van der Waals surface area contributed by atoms with Crippen LogP contribution in [0, 0.1) is 0 Å². The van der Waals surface area contributed by atoms with Gasteiger partial charge in [0.15, 0.2) is 0 Å². The number of carbonyl (C=O) groups is 4. The van der Waals surface area contributed by atoms with Gasteiger partial charge >= 0.3 is 24.0 Å². The topological polar surface area (TPSA) is 86.8 Å². The monoisotopic (exact) mass is 343 g/mol. The van der Waals surface area contributed by atoms with Crippen molar-refractivity contribution in [2.24, 2.45) is 0 Å². The number of anilines is 1. The Kier molecular flexibility index (Phi) is 4.58. The highest BCUT2D eigenvalue weighted by atomic mass is 19.4. The summed E-state index contributed by atoms with van der Waals surface area (Å²) in [5.41, 5.74) is -1.57. The zero-order valence-corrected chi connectivity index (χ0v) is 12.4. The molecule has 10 heteroatoms. The van der Waals surface area contributed by atoms with Crippen LogP contribution in [0.25, 0.3) is 0 Å². The van der Waals surface area contributed by atoms with Crippen molar-refractivity contribution in [3.63, 3.8) is 0 Å². The number of rotatable bonds is 4. The van der Waals surface area contributed by atoms with Gasteiger partial charge in [0.1, 0.15) is 6.54 Å². The second-order valence-corrected chi connectivity index (χ2v) is 4.81. The third-order valence-electron chi connectivity index (χ3n) is 3.26. The van der Waals surface area contributed by atoms with Gasteiger partial charge in [-0.3, -0.25) is 19.3 Å². The summed E-state index contributed by atoms with van der Waals surface area (Å²) in [7, 11) is 0. The van der Waals surface area contributed by atoms with E-state index in [0.29, 0.717) is 9.80 Å². The van der Waals surface area contributed by atoms with Crippen LogP contribution >= 0.6 is 0 Å². The fourth-order valence-electron chi connectivity index (χ4n) is 2.14. The van der Waals surface area contributed by atoms with Crippen LogP contribution in [0.5, 0.6) is 0 Å². The summed E-state index contributed by atoms with van der Waals surface area (Å²) in [6.45, 7) is 0.552. The number of para-hydroxylation sites is 1. The molecular weight excluding hydrogens is 331 g/mol. The first-order valence-corrected chi connectivity index (χ1v) is 6.80. The van der Waals surface area contributed by atoms with Crippen LogP contribution in [0.1, 0.15) is 12.5 Å². The summed E-state index contributed by atoms with van der Waals surface area (Å²) in [5, 5.41) is 2.00. The van der Waals surface area contributed by atoms with Gasteiger partial charge in [0, 0.05) is 6.54 Å². The summed E-state index contributed by atoms with van der Waals surface area (Å²) in [5.74, 6) is -3.30. The first-order valence-electron chi connectivity index (χ1n) is 6.80. The Balaban J connectivity index is 2.14. The highest BCUT2D eigenvalue weighted by molar-refractivity contribution is 6.45. The maximum Gasteiger partial charge on any atom is 0.418 e. The number of benzene rings is 1.